The van der Waals surface area contributed by atoms with E-state index in [4.69, 9.17) is 4.74 Å². The van der Waals surface area contributed by atoms with Crippen molar-refractivity contribution in [3.63, 3.8) is 0 Å². The Morgan fingerprint density at radius 3 is 2.79 bits per heavy atom. The van der Waals surface area contributed by atoms with Crippen molar-refractivity contribution in [2.45, 2.75) is 51.0 Å². The van der Waals surface area contributed by atoms with E-state index < -0.39 is 0 Å². The van der Waals surface area contributed by atoms with Gasteiger partial charge in [0.05, 0.1) is 0 Å². The summed E-state index contributed by atoms with van der Waals surface area (Å²) in [5, 5.41) is 6.70. The van der Waals surface area contributed by atoms with E-state index in [9.17, 15) is 4.79 Å². The number of benzene rings is 1. The predicted octanol–water partition coefficient (Wildman–Crippen LogP) is 2.55. The zero-order valence-corrected chi connectivity index (χ0v) is 14.9. The van der Waals surface area contributed by atoms with Crippen LogP contribution in [-0.4, -0.2) is 38.3 Å². The Kier molecular flexibility index (Phi) is 5.57. The summed E-state index contributed by atoms with van der Waals surface area (Å²) in [6, 6.07) is 9.02. The lowest BCUT2D eigenvalue weighted by Crippen LogP contribution is -2.48. The fourth-order valence-electron chi connectivity index (χ4n) is 4.24. The number of rotatable bonds is 4. The molecule has 2 aliphatic heterocycles. The van der Waals surface area contributed by atoms with Crippen molar-refractivity contribution in [1.82, 2.24) is 10.6 Å². The van der Waals surface area contributed by atoms with Crippen molar-refractivity contribution in [2.75, 3.05) is 26.3 Å². The maximum atomic E-state index is 12.7. The second-order valence-electron chi connectivity index (χ2n) is 7.50. The Morgan fingerprint density at radius 1 is 1.33 bits per heavy atom. The Bertz CT molecular complexity index is 567. The quantitative estimate of drug-likeness (QED) is 0.892. The highest BCUT2D eigenvalue weighted by Gasteiger charge is 2.36. The highest BCUT2D eigenvalue weighted by atomic mass is 16.5. The number of hydrogen-bond donors (Lipinski definition) is 2. The molecule has 4 nitrogen and oxygen atoms in total. The first-order valence-electron chi connectivity index (χ1n) is 9.26. The second-order valence-corrected chi connectivity index (χ2v) is 7.50. The summed E-state index contributed by atoms with van der Waals surface area (Å²) >= 11 is 0. The zero-order valence-electron chi connectivity index (χ0n) is 14.9. The molecular weight excluding hydrogens is 300 g/mol. The number of aryl methyl sites for hydroxylation is 1. The minimum Gasteiger partial charge on any atom is -0.381 e. The van der Waals surface area contributed by atoms with Gasteiger partial charge in [-0.3, -0.25) is 4.79 Å². The van der Waals surface area contributed by atoms with Crippen LogP contribution in [0, 0.1) is 12.8 Å². The van der Waals surface area contributed by atoms with Crippen LogP contribution in [0.4, 0.5) is 0 Å². The topological polar surface area (TPSA) is 50.4 Å². The molecule has 0 aromatic heterocycles. The SMILES string of the molecule is Cc1ccccc1C1(CNC(=O)[C@H]2CCN[C@@H](C)C2)CCOCC1. The van der Waals surface area contributed by atoms with Crippen molar-refractivity contribution in [3.8, 4) is 0 Å². The minimum absolute atomic E-state index is 0.0117. The van der Waals surface area contributed by atoms with Gasteiger partial charge in [0.2, 0.25) is 5.91 Å². The van der Waals surface area contributed by atoms with Crippen LogP contribution in [0.1, 0.15) is 43.7 Å². The molecule has 0 radical (unpaired) electrons. The van der Waals surface area contributed by atoms with Gasteiger partial charge in [0.1, 0.15) is 0 Å². The molecule has 24 heavy (non-hydrogen) atoms. The number of nitrogens with one attached hydrogen (secondary N) is 2. The Labute approximate surface area is 145 Å². The summed E-state index contributed by atoms with van der Waals surface area (Å²) in [7, 11) is 0. The third-order valence-corrected chi connectivity index (χ3v) is 5.76. The third kappa shape index (κ3) is 3.81. The number of carbonyl (C=O) groups is 1. The van der Waals surface area contributed by atoms with Crippen LogP contribution < -0.4 is 10.6 Å². The lowest BCUT2D eigenvalue weighted by Gasteiger charge is -2.39. The molecule has 4 heteroatoms. The van der Waals surface area contributed by atoms with Crippen molar-refractivity contribution < 1.29 is 9.53 Å². The fourth-order valence-corrected chi connectivity index (χ4v) is 4.24. The monoisotopic (exact) mass is 330 g/mol. The lowest BCUT2D eigenvalue weighted by molar-refractivity contribution is -0.126. The standard InChI is InChI=1S/C20H30N2O2/c1-15-5-3-4-6-18(15)20(8-11-24-12-9-20)14-22-19(23)17-7-10-21-16(2)13-17/h3-6,16-17,21H,7-14H2,1-2H3,(H,22,23)/t16-,17-/m0/s1. The van der Waals surface area contributed by atoms with Crippen LogP contribution >= 0.6 is 0 Å². The Morgan fingerprint density at radius 2 is 2.08 bits per heavy atom. The molecule has 1 amide bonds. The van der Waals surface area contributed by atoms with E-state index >= 15 is 0 Å². The summed E-state index contributed by atoms with van der Waals surface area (Å²) in [6.45, 7) is 7.53. The minimum atomic E-state index is 0.0117. The molecule has 2 aliphatic rings. The number of piperidine rings is 1. The molecule has 2 N–H and O–H groups in total. The van der Waals surface area contributed by atoms with Gasteiger partial charge >= 0.3 is 0 Å². The molecule has 0 spiro atoms. The van der Waals surface area contributed by atoms with Crippen LogP contribution in [-0.2, 0) is 14.9 Å². The molecule has 2 saturated heterocycles. The van der Waals surface area contributed by atoms with Gasteiger partial charge in [0.25, 0.3) is 0 Å². The largest absolute Gasteiger partial charge is 0.381 e. The number of hydrogen-bond acceptors (Lipinski definition) is 3. The number of ether oxygens (including phenoxy) is 1. The molecule has 0 unspecified atom stereocenters. The maximum absolute atomic E-state index is 12.7. The fraction of sp³-hybridized carbons (Fsp3) is 0.650. The van der Waals surface area contributed by atoms with E-state index in [0.717, 1.165) is 52.0 Å². The van der Waals surface area contributed by atoms with Gasteiger partial charge in [-0.25, -0.2) is 0 Å². The van der Waals surface area contributed by atoms with Gasteiger partial charge in [-0.05, 0) is 57.2 Å². The first-order valence-corrected chi connectivity index (χ1v) is 9.26. The smallest absolute Gasteiger partial charge is 0.223 e. The third-order valence-electron chi connectivity index (χ3n) is 5.76. The summed E-state index contributed by atoms with van der Waals surface area (Å²) in [4.78, 5) is 12.7. The molecule has 0 aliphatic carbocycles. The van der Waals surface area contributed by atoms with Crippen LogP contribution in [0.25, 0.3) is 0 Å². The van der Waals surface area contributed by atoms with Crippen LogP contribution in [0.3, 0.4) is 0 Å². The van der Waals surface area contributed by atoms with E-state index in [-0.39, 0.29) is 17.2 Å². The van der Waals surface area contributed by atoms with Gasteiger partial charge in [-0.15, -0.1) is 0 Å². The highest BCUT2D eigenvalue weighted by molar-refractivity contribution is 5.79. The second kappa shape index (κ2) is 7.66. The average Bonchev–Trinajstić information content (AvgIpc) is 2.61. The molecule has 2 heterocycles. The lowest BCUT2D eigenvalue weighted by atomic mass is 9.72. The first-order chi connectivity index (χ1) is 11.6. The molecule has 1 aromatic rings. The summed E-state index contributed by atoms with van der Waals surface area (Å²) in [5.41, 5.74) is 2.69. The molecule has 2 fully saturated rings. The molecule has 0 bridgehead atoms. The molecular formula is C20H30N2O2. The average molecular weight is 330 g/mol. The predicted molar refractivity (Wildman–Crippen MR) is 96.1 cm³/mol. The molecule has 0 saturated carbocycles. The van der Waals surface area contributed by atoms with Crippen molar-refractivity contribution in [1.29, 1.82) is 0 Å². The van der Waals surface area contributed by atoms with E-state index in [2.05, 4.69) is 48.7 Å². The van der Waals surface area contributed by atoms with Crippen molar-refractivity contribution in [3.05, 3.63) is 35.4 Å². The van der Waals surface area contributed by atoms with E-state index in [1.807, 2.05) is 0 Å². The van der Waals surface area contributed by atoms with Crippen LogP contribution in [0.5, 0.6) is 0 Å². The first kappa shape index (κ1) is 17.4. The maximum Gasteiger partial charge on any atom is 0.223 e. The highest BCUT2D eigenvalue weighted by Crippen LogP contribution is 2.36. The van der Waals surface area contributed by atoms with Gasteiger partial charge < -0.3 is 15.4 Å². The Balaban J connectivity index is 1.71. The molecule has 3 rings (SSSR count). The summed E-state index contributed by atoms with van der Waals surface area (Å²) < 4.78 is 5.60. The normalized spacial score (nSPS) is 26.8. The summed E-state index contributed by atoms with van der Waals surface area (Å²) in [5.74, 6) is 0.373. The van der Waals surface area contributed by atoms with Gasteiger partial charge in [-0.1, -0.05) is 24.3 Å². The molecule has 1 aromatic carbocycles. The Hall–Kier alpha value is -1.39. The van der Waals surface area contributed by atoms with Crippen LogP contribution in [0.15, 0.2) is 24.3 Å². The van der Waals surface area contributed by atoms with E-state index in [1.165, 1.54) is 11.1 Å². The van der Waals surface area contributed by atoms with E-state index in [1.54, 1.807) is 0 Å². The molecule has 132 valence electrons. The van der Waals surface area contributed by atoms with Crippen molar-refractivity contribution in [2.24, 2.45) is 5.92 Å². The van der Waals surface area contributed by atoms with Crippen LogP contribution in [0.2, 0.25) is 0 Å². The van der Waals surface area contributed by atoms with Crippen molar-refractivity contribution >= 4 is 5.91 Å². The summed E-state index contributed by atoms with van der Waals surface area (Å²) in [6.07, 6.45) is 3.82. The molecule has 2 atom stereocenters. The van der Waals surface area contributed by atoms with Gasteiger partial charge in [0, 0.05) is 37.1 Å². The number of carbonyl (C=O) groups excluding carboxylic acids is 1. The van der Waals surface area contributed by atoms with E-state index in [0.29, 0.717) is 6.04 Å². The van der Waals surface area contributed by atoms with Gasteiger partial charge in [-0.2, -0.15) is 0 Å². The van der Waals surface area contributed by atoms with Gasteiger partial charge in [0.15, 0.2) is 0 Å². The number of amides is 1. The zero-order chi connectivity index (χ0) is 17.0.